The molecular weight excluding hydrogens is 429 g/mol. The number of imidazole rings is 1. The molecule has 1 atom stereocenters. The van der Waals surface area contributed by atoms with Gasteiger partial charge in [-0.3, -0.25) is 4.79 Å². The highest BCUT2D eigenvalue weighted by Gasteiger charge is 2.31. The third-order valence-corrected chi connectivity index (χ3v) is 4.64. The van der Waals surface area contributed by atoms with E-state index in [1.807, 2.05) is 0 Å². The summed E-state index contributed by atoms with van der Waals surface area (Å²) < 4.78 is 52.5. The standard InChI is InChI=1S/C20H19F3N6O3/c1-2-3-15(17(24)30)32-12-4-5-13-16(8-12)31-7-6-28-9-14(27-18(13)28)19-25-11-26-29(19)10-20(21,22)23/h2-5,8-9,11,15H,6-7,10H2,1H3,(H2,24,30)/b3-2+. The van der Waals surface area contributed by atoms with Crippen molar-refractivity contribution in [1.82, 2.24) is 24.3 Å². The summed E-state index contributed by atoms with van der Waals surface area (Å²) in [4.78, 5) is 20.0. The number of primary amides is 1. The molecule has 0 bridgehead atoms. The van der Waals surface area contributed by atoms with Crippen LogP contribution in [0.4, 0.5) is 13.2 Å². The van der Waals surface area contributed by atoms with E-state index >= 15 is 0 Å². The molecule has 2 aromatic heterocycles. The second-order valence-electron chi connectivity index (χ2n) is 6.97. The average Bonchev–Trinajstić information content (AvgIpc) is 3.29. The van der Waals surface area contributed by atoms with Crippen molar-refractivity contribution >= 4 is 5.91 Å². The topological polar surface area (TPSA) is 110 Å². The molecule has 0 saturated heterocycles. The number of carbonyl (C=O) groups excluding carboxylic acids is 1. The Balaban J connectivity index is 1.67. The van der Waals surface area contributed by atoms with Crippen molar-refractivity contribution in [1.29, 1.82) is 0 Å². The van der Waals surface area contributed by atoms with Gasteiger partial charge in [0, 0.05) is 12.3 Å². The minimum absolute atomic E-state index is 0.0148. The predicted molar refractivity (Wildman–Crippen MR) is 107 cm³/mol. The second-order valence-corrected chi connectivity index (χ2v) is 6.97. The highest BCUT2D eigenvalue weighted by Crippen LogP contribution is 2.36. The van der Waals surface area contributed by atoms with Gasteiger partial charge < -0.3 is 19.8 Å². The first-order valence-corrected chi connectivity index (χ1v) is 9.63. The summed E-state index contributed by atoms with van der Waals surface area (Å²) in [6, 6.07) is 4.95. The van der Waals surface area contributed by atoms with Gasteiger partial charge in [-0.15, -0.1) is 0 Å². The largest absolute Gasteiger partial charge is 0.491 e. The molecule has 32 heavy (non-hydrogen) atoms. The lowest BCUT2D eigenvalue weighted by Gasteiger charge is -2.14. The third-order valence-electron chi connectivity index (χ3n) is 4.64. The van der Waals surface area contributed by atoms with Gasteiger partial charge in [-0.1, -0.05) is 6.08 Å². The molecule has 2 N–H and O–H groups in total. The van der Waals surface area contributed by atoms with Gasteiger partial charge in [-0.05, 0) is 25.1 Å². The lowest BCUT2D eigenvalue weighted by molar-refractivity contribution is -0.142. The number of hydrogen-bond donors (Lipinski definition) is 1. The highest BCUT2D eigenvalue weighted by molar-refractivity contribution is 5.81. The van der Waals surface area contributed by atoms with Crippen LogP contribution in [0.3, 0.4) is 0 Å². The van der Waals surface area contributed by atoms with Gasteiger partial charge in [0.1, 0.15) is 42.5 Å². The maximum Gasteiger partial charge on any atom is 0.408 e. The van der Waals surface area contributed by atoms with Gasteiger partial charge >= 0.3 is 6.18 Å². The number of benzene rings is 1. The van der Waals surface area contributed by atoms with Crippen molar-refractivity contribution < 1.29 is 27.4 Å². The third kappa shape index (κ3) is 4.43. The predicted octanol–water partition coefficient (Wildman–Crippen LogP) is 2.57. The van der Waals surface area contributed by atoms with Crippen LogP contribution in [-0.2, 0) is 17.9 Å². The van der Waals surface area contributed by atoms with E-state index in [-0.39, 0.29) is 11.5 Å². The summed E-state index contributed by atoms with van der Waals surface area (Å²) in [5, 5.41) is 3.67. The summed E-state index contributed by atoms with van der Waals surface area (Å²) in [5.41, 5.74) is 6.23. The molecule has 0 fully saturated rings. The van der Waals surface area contributed by atoms with Crippen LogP contribution >= 0.6 is 0 Å². The maximum absolute atomic E-state index is 12.8. The molecule has 0 spiro atoms. The van der Waals surface area contributed by atoms with Crippen LogP contribution in [-0.4, -0.2) is 49.1 Å². The zero-order valence-corrected chi connectivity index (χ0v) is 16.9. The van der Waals surface area contributed by atoms with Crippen molar-refractivity contribution in [3.63, 3.8) is 0 Å². The molecule has 1 amide bonds. The SMILES string of the molecule is C/C=C/C(Oc1ccc2c(c1)OCCn1cc(-c3ncnn3CC(F)(F)F)nc1-2)C(N)=O. The Labute approximate surface area is 180 Å². The molecule has 12 heteroatoms. The summed E-state index contributed by atoms with van der Waals surface area (Å²) >= 11 is 0. The minimum atomic E-state index is -4.44. The molecule has 0 aliphatic carbocycles. The molecule has 168 valence electrons. The van der Waals surface area contributed by atoms with Gasteiger partial charge in [0.2, 0.25) is 0 Å². The summed E-state index contributed by atoms with van der Waals surface area (Å²) in [5.74, 6) is 0.707. The van der Waals surface area contributed by atoms with E-state index in [2.05, 4.69) is 15.1 Å². The Bertz CT molecular complexity index is 1170. The quantitative estimate of drug-likeness (QED) is 0.581. The van der Waals surface area contributed by atoms with Crippen molar-refractivity contribution in [3.05, 3.63) is 42.9 Å². The highest BCUT2D eigenvalue weighted by atomic mass is 19.4. The number of alkyl halides is 3. The minimum Gasteiger partial charge on any atom is -0.491 e. The molecule has 0 saturated carbocycles. The molecule has 1 aromatic carbocycles. The van der Waals surface area contributed by atoms with Crippen LogP contribution in [0.2, 0.25) is 0 Å². The summed E-state index contributed by atoms with van der Waals surface area (Å²) in [6.07, 6.45) is 0.496. The van der Waals surface area contributed by atoms with E-state index in [4.69, 9.17) is 15.2 Å². The van der Waals surface area contributed by atoms with E-state index in [1.54, 1.807) is 42.0 Å². The van der Waals surface area contributed by atoms with E-state index in [1.165, 1.54) is 6.08 Å². The van der Waals surface area contributed by atoms with E-state index in [9.17, 15) is 18.0 Å². The first kappa shape index (κ1) is 21.4. The van der Waals surface area contributed by atoms with Crippen molar-refractivity contribution in [3.8, 4) is 34.4 Å². The second kappa shape index (κ2) is 8.36. The van der Waals surface area contributed by atoms with Gasteiger partial charge in [-0.25, -0.2) is 14.6 Å². The number of nitrogens with zero attached hydrogens (tertiary/aromatic N) is 5. The summed E-state index contributed by atoms with van der Waals surface area (Å²) in [7, 11) is 0. The van der Waals surface area contributed by atoms with Crippen LogP contribution in [0, 0.1) is 0 Å². The van der Waals surface area contributed by atoms with Crippen LogP contribution in [0.15, 0.2) is 42.9 Å². The number of hydrogen-bond acceptors (Lipinski definition) is 6. The fourth-order valence-electron chi connectivity index (χ4n) is 3.30. The van der Waals surface area contributed by atoms with E-state index < -0.39 is 24.7 Å². The van der Waals surface area contributed by atoms with Gasteiger partial charge in [0.05, 0.1) is 12.1 Å². The van der Waals surface area contributed by atoms with E-state index in [0.29, 0.717) is 36.0 Å². The lowest BCUT2D eigenvalue weighted by atomic mass is 10.1. The zero-order chi connectivity index (χ0) is 22.9. The molecule has 1 unspecified atom stereocenters. The maximum atomic E-state index is 12.8. The Morgan fingerprint density at radius 1 is 1.38 bits per heavy atom. The molecule has 1 aliphatic heterocycles. The Hall–Kier alpha value is -3.83. The average molecular weight is 448 g/mol. The molecule has 1 aliphatic rings. The molecule has 9 nitrogen and oxygen atoms in total. The van der Waals surface area contributed by atoms with E-state index in [0.717, 1.165) is 11.0 Å². The molecule has 4 rings (SSSR count). The molecule has 3 aromatic rings. The smallest absolute Gasteiger partial charge is 0.408 e. The number of carbonyl (C=O) groups is 1. The Kier molecular flexibility index (Phi) is 5.59. The van der Waals surface area contributed by atoms with Gasteiger partial charge in [-0.2, -0.15) is 18.3 Å². The fourth-order valence-corrected chi connectivity index (χ4v) is 3.30. The number of rotatable bonds is 6. The number of nitrogens with two attached hydrogens (primary N) is 1. The number of aromatic nitrogens is 5. The number of ether oxygens (including phenoxy) is 2. The molecule has 3 heterocycles. The number of amides is 1. The lowest BCUT2D eigenvalue weighted by Crippen LogP contribution is -2.31. The Morgan fingerprint density at radius 2 is 2.19 bits per heavy atom. The summed E-state index contributed by atoms with van der Waals surface area (Å²) in [6.45, 7) is 1.19. The van der Waals surface area contributed by atoms with Crippen LogP contribution in [0.1, 0.15) is 6.92 Å². The van der Waals surface area contributed by atoms with Crippen molar-refractivity contribution in [2.24, 2.45) is 5.73 Å². The van der Waals surface area contributed by atoms with Crippen LogP contribution in [0.5, 0.6) is 11.5 Å². The number of halogens is 3. The van der Waals surface area contributed by atoms with Crippen molar-refractivity contribution in [2.75, 3.05) is 6.61 Å². The first-order valence-electron chi connectivity index (χ1n) is 9.63. The normalized spacial score (nSPS) is 14.4. The number of fused-ring (bicyclic) bond motifs is 3. The van der Waals surface area contributed by atoms with Crippen LogP contribution in [0.25, 0.3) is 22.9 Å². The van der Waals surface area contributed by atoms with Crippen LogP contribution < -0.4 is 15.2 Å². The van der Waals surface area contributed by atoms with Crippen molar-refractivity contribution in [2.45, 2.75) is 32.3 Å². The molecular formula is C20H19F3N6O3. The van der Waals surface area contributed by atoms with Gasteiger partial charge in [0.25, 0.3) is 5.91 Å². The fraction of sp³-hybridized carbons (Fsp3) is 0.300. The zero-order valence-electron chi connectivity index (χ0n) is 16.9. The Morgan fingerprint density at radius 3 is 2.91 bits per heavy atom. The molecule has 0 radical (unpaired) electrons. The number of allylic oxidation sites excluding steroid dienone is 1. The first-order chi connectivity index (χ1) is 15.2. The van der Waals surface area contributed by atoms with Gasteiger partial charge in [0.15, 0.2) is 11.9 Å². The monoisotopic (exact) mass is 448 g/mol.